The first-order chi connectivity index (χ1) is 20.5. The van der Waals surface area contributed by atoms with Gasteiger partial charge < -0.3 is 5.32 Å². The number of rotatable bonds is 8. The molecule has 2 aromatic heterocycles. The molecule has 1 saturated heterocycles. The molecule has 5 fully saturated rings. The third-order valence-corrected chi connectivity index (χ3v) is 10.2. The summed E-state index contributed by atoms with van der Waals surface area (Å²) in [5.41, 5.74) is 2.06. The fourth-order valence-electron chi connectivity index (χ4n) is 8.49. The molecule has 212 valence electrons. The largest absolute Gasteiger partial charge is 0.357 e. The molecule has 7 heteroatoms. The van der Waals surface area contributed by atoms with Crippen molar-refractivity contribution in [3.63, 3.8) is 0 Å². The standard InChI is InChI=1S/C35H35N5O2/c36-21-25-1-3-28(4-2-25)32(41)18-33-39-35(19-23-5-9-37-10-6-23,20-24-7-11-38-12-8-24)34(42)40(33)22-31-29-14-26-13-27(16-29)17-30(31)15-26/h1-12,18,26-27,29-31,39H,13-17,19-20,22H2/b33-18+. The summed E-state index contributed by atoms with van der Waals surface area (Å²) in [5, 5.41) is 12.8. The maximum Gasteiger partial charge on any atom is 0.254 e. The van der Waals surface area contributed by atoms with E-state index in [4.69, 9.17) is 0 Å². The van der Waals surface area contributed by atoms with Crippen LogP contribution in [0, 0.1) is 40.9 Å². The van der Waals surface area contributed by atoms with Crippen molar-refractivity contribution >= 4 is 11.7 Å². The molecule has 4 bridgehead atoms. The van der Waals surface area contributed by atoms with Crippen LogP contribution in [-0.2, 0) is 17.6 Å². The lowest BCUT2D eigenvalue weighted by atomic mass is 9.52. The Morgan fingerprint density at radius 2 is 1.43 bits per heavy atom. The summed E-state index contributed by atoms with van der Waals surface area (Å²) < 4.78 is 0. The van der Waals surface area contributed by atoms with Crippen molar-refractivity contribution < 1.29 is 9.59 Å². The molecule has 4 aliphatic carbocycles. The molecule has 0 radical (unpaired) electrons. The monoisotopic (exact) mass is 557 g/mol. The number of hydrogen-bond donors (Lipinski definition) is 1. The van der Waals surface area contributed by atoms with E-state index < -0.39 is 5.54 Å². The molecule has 1 aromatic carbocycles. The molecule has 1 aliphatic heterocycles. The van der Waals surface area contributed by atoms with Gasteiger partial charge in [-0.3, -0.25) is 24.5 Å². The predicted octanol–water partition coefficient (Wildman–Crippen LogP) is 5.10. The van der Waals surface area contributed by atoms with Gasteiger partial charge >= 0.3 is 0 Å². The summed E-state index contributed by atoms with van der Waals surface area (Å²) in [5.74, 6) is 3.86. The lowest BCUT2D eigenvalue weighted by Crippen LogP contribution is -2.52. The molecule has 8 rings (SSSR count). The molecule has 3 heterocycles. The second-order valence-electron chi connectivity index (χ2n) is 12.9. The van der Waals surface area contributed by atoms with Crippen LogP contribution in [0.25, 0.3) is 0 Å². The summed E-state index contributed by atoms with van der Waals surface area (Å²) in [7, 11) is 0. The third kappa shape index (κ3) is 5.00. The predicted molar refractivity (Wildman–Crippen MR) is 158 cm³/mol. The third-order valence-electron chi connectivity index (χ3n) is 10.2. The van der Waals surface area contributed by atoms with Gasteiger partial charge in [0.15, 0.2) is 5.78 Å². The van der Waals surface area contributed by atoms with Crippen molar-refractivity contribution in [1.29, 1.82) is 5.26 Å². The number of hydrogen-bond acceptors (Lipinski definition) is 6. The van der Waals surface area contributed by atoms with Crippen LogP contribution in [0.2, 0.25) is 0 Å². The van der Waals surface area contributed by atoms with E-state index in [1.165, 1.54) is 32.1 Å². The fraction of sp³-hybridized carbons (Fsp3) is 0.400. The molecule has 1 N–H and O–H groups in total. The molecule has 0 spiro atoms. The summed E-state index contributed by atoms with van der Waals surface area (Å²) in [6.45, 7) is 0.640. The van der Waals surface area contributed by atoms with E-state index in [-0.39, 0.29) is 11.7 Å². The highest BCUT2D eigenvalue weighted by molar-refractivity contribution is 6.06. The van der Waals surface area contributed by atoms with Gasteiger partial charge in [-0.2, -0.15) is 5.26 Å². The zero-order valence-corrected chi connectivity index (χ0v) is 23.7. The first-order valence-electron chi connectivity index (χ1n) is 15.1. The number of benzene rings is 1. The van der Waals surface area contributed by atoms with Crippen LogP contribution in [0.15, 0.2) is 85.2 Å². The molecular weight excluding hydrogens is 522 g/mol. The van der Waals surface area contributed by atoms with Crippen molar-refractivity contribution in [3.8, 4) is 6.07 Å². The van der Waals surface area contributed by atoms with Crippen LogP contribution in [0.4, 0.5) is 0 Å². The molecule has 3 aromatic rings. The minimum Gasteiger partial charge on any atom is -0.357 e. The normalized spacial score (nSPS) is 28.1. The van der Waals surface area contributed by atoms with Gasteiger partial charge in [0.05, 0.1) is 11.6 Å². The maximum absolute atomic E-state index is 14.8. The van der Waals surface area contributed by atoms with Gasteiger partial charge in [-0.25, -0.2) is 0 Å². The van der Waals surface area contributed by atoms with Crippen LogP contribution >= 0.6 is 0 Å². The molecule has 5 aliphatic rings. The highest BCUT2D eigenvalue weighted by Gasteiger charge is 2.53. The Hall–Kier alpha value is -4.31. The number of pyridine rings is 2. The summed E-state index contributed by atoms with van der Waals surface area (Å²) in [6, 6.07) is 16.6. The van der Waals surface area contributed by atoms with Crippen molar-refractivity contribution in [1.82, 2.24) is 20.2 Å². The molecule has 0 atom stereocenters. The zero-order chi connectivity index (χ0) is 28.7. The zero-order valence-electron chi connectivity index (χ0n) is 23.7. The number of nitrogens with one attached hydrogen (secondary N) is 1. The van der Waals surface area contributed by atoms with Crippen LogP contribution in [0.3, 0.4) is 0 Å². The quantitative estimate of drug-likeness (QED) is 0.306. The smallest absolute Gasteiger partial charge is 0.254 e. The molecule has 7 nitrogen and oxygen atoms in total. The van der Waals surface area contributed by atoms with E-state index >= 15 is 0 Å². The summed E-state index contributed by atoms with van der Waals surface area (Å²) >= 11 is 0. The number of aromatic nitrogens is 2. The first-order valence-corrected chi connectivity index (χ1v) is 15.1. The van der Waals surface area contributed by atoms with E-state index in [9.17, 15) is 14.9 Å². The minimum atomic E-state index is -0.953. The fourth-order valence-corrected chi connectivity index (χ4v) is 8.49. The second kappa shape index (κ2) is 10.8. The minimum absolute atomic E-state index is 0.0174. The lowest BCUT2D eigenvalue weighted by Gasteiger charge is -2.55. The SMILES string of the molecule is N#Cc1ccc(C(=O)/C=C2\NC(Cc3ccncc3)(Cc3ccncc3)C(=O)N2CC2C3CC4CC(C3)CC2C4)cc1. The Morgan fingerprint density at radius 1 is 0.881 bits per heavy atom. The van der Waals surface area contributed by atoms with Gasteiger partial charge in [0.2, 0.25) is 0 Å². The number of nitrogens with zero attached hydrogens (tertiary/aromatic N) is 4. The van der Waals surface area contributed by atoms with E-state index in [1.807, 2.05) is 29.2 Å². The Morgan fingerprint density at radius 3 is 1.95 bits per heavy atom. The Kier molecular flexibility index (Phi) is 6.85. The van der Waals surface area contributed by atoms with Gasteiger partial charge in [-0.1, -0.05) is 0 Å². The van der Waals surface area contributed by atoms with Crippen LogP contribution in [0.1, 0.15) is 59.2 Å². The molecule has 0 unspecified atom stereocenters. The number of allylic oxidation sites excluding steroid dienone is 1. The van der Waals surface area contributed by atoms with Crippen molar-refractivity contribution in [3.05, 3.63) is 107 Å². The first kappa shape index (κ1) is 26.6. The number of carbonyl (C=O) groups excluding carboxylic acids is 2. The van der Waals surface area contributed by atoms with Crippen molar-refractivity contribution in [2.75, 3.05) is 6.54 Å². The maximum atomic E-state index is 14.8. The Labute approximate surface area is 246 Å². The van der Waals surface area contributed by atoms with E-state index in [0.29, 0.717) is 54.1 Å². The highest BCUT2D eigenvalue weighted by atomic mass is 16.2. The van der Waals surface area contributed by atoms with Gasteiger partial charge in [0.1, 0.15) is 11.4 Å². The summed E-state index contributed by atoms with van der Waals surface area (Å²) in [6.07, 6.45) is 16.0. The van der Waals surface area contributed by atoms with Crippen LogP contribution in [0.5, 0.6) is 0 Å². The topological polar surface area (TPSA) is 99.0 Å². The number of ketones is 1. The number of nitriles is 1. The van der Waals surface area contributed by atoms with Crippen LogP contribution < -0.4 is 5.32 Å². The van der Waals surface area contributed by atoms with Gasteiger partial charge in [-0.05, 0) is 121 Å². The van der Waals surface area contributed by atoms with E-state index in [0.717, 1.165) is 23.0 Å². The average Bonchev–Trinajstić information content (AvgIpc) is 3.24. The van der Waals surface area contributed by atoms with Gasteiger partial charge in [0.25, 0.3) is 5.91 Å². The van der Waals surface area contributed by atoms with Gasteiger partial charge in [-0.15, -0.1) is 0 Å². The van der Waals surface area contributed by atoms with Gasteiger partial charge in [0, 0.05) is 55.8 Å². The second-order valence-corrected chi connectivity index (χ2v) is 12.9. The molecular formula is C35H35N5O2. The Bertz CT molecular complexity index is 1470. The Balaban J connectivity index is 1.26. The van der Waals surface area contributed by atoms with E-state index in [2.05, 4.69) is 21.4 Å². The van der Waals surface area contributed by atoms with E-state index in [1.54, 1.807) is 55.1 Å². The number of amides is 1. The molecule has 4 saturated carbocycles. The average molecular weight is 558 g/mol. The van der Waals surface area contributed by atoms with Crippen LogP contribution in [-0.4, -0.2) is 38.6 Å². The van der Waals surface area contributed by atoms with Crippen molar-refractivity contribution in [2.24, 2.45) is 29.6 Å². The molecule has 42 heavy (non-hydrogen) atoms. The molecule has 1 amide bonds. The highest BCUT2D eigenvalue weighted by Crippen LogP contribution is 2.57. The number of carbonyl (C=O) groups is 2. The summed E-state index contributed by atoms with van der Waals surface area (Å²) in [4.78, 5) is 38.6. The lowest BCUT2D eigenvalue weighted by molar-refractivity contribution is -0.134. The van der Waals surface area contributed by atoms with Crippen molar-refractivity contribution in [2.45, 2.75) is 50.5 Å².